The molecule has 1 aromatic rings. The lowest BCUT2D eigenvalue weighted by Crippen LogP contribution is -2.25. The minimum absolute atomic E-state index is 0.321. The molecule has 5 nitrogen and oxygen atoms in total. The molecular weight excluding hydrogens is 248 g/mol. The first-order chi connectivity index (χ1) is 9.35. The molecule has 0 N–H and O–H groups in total. The Hall–Kier alpha value is -1.46. The van der Waals surface area contributed by atoms with Crippen molar-refractivity contribution in [2.24, 2.45) is 0 Å². The van der Waals surface area contributed by atoms with Crippen LogP contribution < -0.4 is 14.2 Å². The fourth-order valence-electron chi connectivity index (χ4n) is 1.83. The van der Waals surface area contributed by atoms with Crippen LogP contribution in [0.5, 0.6) is 17.2 Å². The van der Waals surface area contributed by atoms with E-state index in [-0.39, 0.29) is 6.29 Å². The number of hydrogen-bond donors (Lipinski definition) is 0. The van der Waals surface area contributed by atoms with Crippen molar-refractivity contribution < 1.29 is 23.7 Å². The van der Waals surface area contributed by atoms with Crippen molar-refractivity contribution in [3.63, 3.8) is 0 Å². The summed E-state index contributed by atoms with van der Waals surface area (Å²) in [5.74, 6) is 2.02. The van der Waals surface area contributed by atoms with Gasteiger partial charge in [0.25, 0.3) is 0 Å². The van der Waals surface area contributed by atoms with Crippen molar-refractivity contribution >= 4 is 0 Å². The summed E-state index contributed by atoms with van der Waals surface area (Å²) >= 11 is 0. The third-order valence-electron chi connectivity index (χ3n) is 2.61. The molecule has 0 unspecified atom stereocenters. The summed E-state index contributed by atoms with van der Waals surface area (Å²) in [6.45, 7) is 6.44. The summed E-state index contributed by atoms with van der Waals surface area (Å²) in [4.78, 5) is 0. The molecule has 0 spiro atoms. The first kappa shape index (κ1) is 14.0. The van der Waals surface area contributed by atoms with E-state index in [0.717, 1.165) is 0 Å². The van der Waals surface area contributed by atoms with Crippen LogP contribution in [0.25, 0.3) is 0 Å². The molecule has 0 fully saturated rings. The van der Waals surface area contributed by atoms with E-state index in [9.17, 15) is 0 Å². The van der Waals surface area contributed by atoms with Crippen LogP contribution in [0, 0.1) is 0 Å². The molecule has 0 saturated heterocycles. The fraction of sp³-hybridized carbons (Fsp3) is 0.571. The van der Waals surface area contributed by atoms with Crippen LogP contribution in [-0.2, 0) is 9.47 Å². The molecule has 1 aliphatic rings. The lowest BCUT2D eigenvalue weighted by molar-refractivity contribution is -0.152. The molecule has 0 saturated carbocycles. The smallest absolute Gasteiger partial charge is 0.203 e. The van der Waals surface area contributed by atoms with Crippen LogP contribution >= 0.6 is 0 Å². The molecule has 0 bridgehead atoms. The van der Waals surface area contributed by atoms with Crippen LogP contribution in [0.15, 0.2) is 18.2 Å². The molecule has 5 heteroatoms. The van der Waals surface area contributed by atoms with Crippen LogP contribution in [0.1, 0.15) is 13.8 Å². The monoisotopic (exact) mass is 268 g/mol. The lowest BCUT2D eigenvalue weighted by Gasteiger charge is -2.22. The molecule has 0 aliphatic carbocycles. The average Bonchev–Trinajstić information content (AvgIpc) is 2.45. The summed E-state index contributed by atoms with van der Waals surface area (Å²) in [7, 11) is 0. The van der Waals surface area contributed by atoms with E-state index in [2.05, 4.69) is 0 Å². The number of benzene rings is 1. The summed E-state index contributed by atoms with van der Waals surface area (Å²) in [6.07, 6.45) is -0.365. The first-order valence-electron chi connectivity index (χ1n) is 6.59. The van der Waals surface area contributed by atoms with Gasteiger partial charge in [0, 0.05) is 13.2 Å². The zero-order chi connectivity index (χ0) is 13.5. The first-order valence-corrected chi connectivity index (χ1v) is 6.59. The average molecular weight is 268 g/mol. The van der Waals surface area contributed by atoms with E-state index < -0.39 is 0 Å². The van der Waals surface area contributed by atoms with E-state index in [4.69, 9.17) is 23.7 Å². The van der Waals surface area contributed by atoms with Crippen molar-refractivity contribution in [1.82, 2.24) is 0 Å². The highest BCUT2D eigenvalue weighted by Gasteiger charge is 2.18. The molecule has 0 radical (unpaired) electrons. The topological polar surface area (TPSA) is 46.2 Å². The van der Waals surface area contributed by atoms with Crippen molar-refractivity contribution in [3.8, 4) is 17.2 Å². The number of ether oxygens (including phenoxy) is 5. The van der Waals surface area contributed by atoms with Gasteiger partial charge in [-0.15, -0.1) is 0 Å². The Bertz CT molecular complexity index is 387. The molecule has 0 amide bonds. The van der Waals surface area contributed by atoms with Gasteiger partial charge in [0.15, 0.2) is 17.8 Å². The van der Waals surface area contributed by atoms with Gasteiger partial charge in [-0.2, -0.15) is 0 Å². The minimum Gasteiger partial charge on any atom is -0.486 e. The SMILES string of the molecule is CCOC(COc1cccc2c1OCCO2)OCC. The Labute approximate surface area is 113 Å². The lowest BCUT2D eigenvalue weighted by atomic mass is 10.3. The maximum absolute atomic E-state index is 5.72. The van der Waals surface area contributed by atoms with Gasteiger partial charge in [0.05, 0.1) is 0 Å². The number of rotatable bonds is 7. The Morgan fingerprint density at radius 2 is 1.84 bits per heavy atom. The molecule has 0 atom stereocenters. The third kappa shape index (κ3) is 3.75. The van der Waals surface area contributed by atoms with Gasteiger partial charge in [-0.3, -0.25) is 0 Å². The molecule has 1 aromatic carbocycles. The Morgan fingerprint density at radius 3 is 2.58 bits per heavy atom. The molecule has 1 heterocycles. The van der Waals surface area contributed by atoms with Crippen molar-refractivity contribution in [2.75, 3.05) is 33.0 Å². The van der Waals surface area contributed by atoms with Gasteiger partial charge in [0.2, 0.25) is 5.75 Å². The quantitative estimate of drug-likeness (QED) is 0.710. The van der Waals surface area contributed by atoms with E-state index >= 15 is 0 Å². The van der Waals surface area contributed by atoms with Gasteiger partial charge >= 0.3 is 0 Å². The Balaban J connectivity index is 1.98. The highest BCUT2D eigenvalue weighted by Crippen LogP contribution is 2.38. The molecule has 2 rings (SSSR count). The predicted octanol–water partition coefficient (Wildman–Crippen LogP) is 2.24. The van der Waals surface area contributed by atoms with Crippen LogP contribution in [0.4, 0.5) is 0 Å². The van der Waals surface area contributed by atoms with Crippen molar-refractivity contribution in [1.29, 1.82) is 0 Å². The standard InChI is InChI=1S/C14H20O5/c1-3-15-13(16-4-2)10-19-12-7-5-6-11-14(12)18-9-8-17-11/h5-7,13H,3-4,8-10H2,1-2H3. The summed E-state index contributed by atoms with van der Waals surface area (Å²) in [6, 6.07) is 5.59. The van der Waals surface area contributed by atoms with Crippen molar-refractivity contribution in [2.45, 2.75) is 20.1 Å². The summed E-state index contributed by atoms with van der Waals surface area (Å²) in [5, 5.41) is 0. The molecule has 106 valence electrons. The molecule has 1 aliphatic heterocycles. The van der Waals surface area contributed by atoms with E-state index in [0.29, 0.717) is 50.3 Å². The van der Waals surface area contributed by atoms with E-state index in [1.165, 1.54) is 0 Å². The van der Waals surface area contributed by atoms with Crippen LogP contribution in [-0.4, -0.2) is 39.3 Å². The number of hydrogen-bond acceptors (Lipinski definition) is 5. The fourth-order valence-corrected chi connectivity index (χ4v) is 1.83. The van der Waals surface area contributed by atoms with Gasteiger partial charge in [-0.25, -0.2) is 0 Å². The second-order valence-corrected chi connectivity index (χ2v) is 3.93. The largest absolute Gasteiger partial charge is 0.486 e. The number of fused-ring (bicyclic) bond motifs is 1. The Kier molecular flexibility index (Phi) is 5.30. The zero-order valence-corrected chi connectivity index (χ0v) is 11.4. The highest BCUT2D eigenvalue weighted by atomic mass is 16.7. The third-order valence-corrected chi connectivity index (χ3v) is 2.61. The maximum Gasteiger partial charge on any atom is 0.203 e. The van der Waals surface area contributed by atoms with Crippen molar-refractivity contribution in [3.05, 3.63) is 18.2 Å². The normalized spacial score (nSPS) is 13.6. The van der Waals surface area contributed by atoms with Gasteiger partial charge < -0.3 is 23.7 Å². The zero-order valence-electron chi connectivity index (χ0n) is 11.4. The predicted molar refractivity (Wildman–Crippen MR) is 70.0 cm³/mol. The summed E-state index contributed by atoms with van der Waals surface area (Å²) in [5.41, 5.74) is 0. The molecular formula is C14H20O5. The van der Waals surface area contributed by atoms with Gasteiger partial charge in [0.1, 0.15) is 19.8 Å². The maximum atomic E-state index is 5.72. The second-order valence-electron chi connectivity index (χ2n) is 3.93. The highest BCUT2D eigenvalue weighted by molar-refractivity contribution is 5.51. The van der Waals surface area contributed by atoms with Crippen LogP contribution in [0.2, 0.25) is 0 Å². The van der Waals surface area contributed by atoms with Gasteiger partial charge in [-0.1, -0.05) is 6.07 Å². The summed E-state index contributed by atoms with van der Waals surface area (Å²) < 4.78 is 27.6. The Morgan fingerprint density at radius 1 is 1.11 bits per heavy atom. The minimum atomic E-state index is -0.365. The second kappa shape index (κ2) is 7.21. The van der Waals surface area contributed by atoms with Crippen LogP contribution in [0.3, 0.4) is 0 Å². The molecule has 19 heavy (non-hydrogen) atoms. The number of para-hydroxylation sites is 1. The van der Waals surface area contributed by atoms with E-state index in [1.54, 1.807) is 0 Å². The van der Waals surface area contributed by atoms with Gasteiger partial charge in [-0.05, 0) is 26.0 Å². The molecule has 0 aromatic heterocycles. The van der Waals surface area contributed by atoms with E-state index in [1.807, 2.05) is 32.0 Å².